The molecule has 2 amide bonds. The van der Waals surface area contributed by atoms with Crippen molar-refractivity contribution in [3.8, 4) is 0 Å². The molecule has 0 aliphatic carbocycles. The maximum absolute atomic E-state index is 12.1. The van der Waals surface area contributed by atoms with E-state index in [9.17, 15) is 4.79 Å². The molecule has 0 spiro atoms. The lowest BCUT2D eigenvalue weighted by Crippen LogP contribution is -2.31. The second-order valence-electron chi connectivity index (χ2n) is 4.58. The lowest BCUT2D eigenvalue weighted by Gasteiger charge is -2.16. The maximum Gasteiger partial charge on any atom is 0.324 e. The van der Waals surface area contributed by atoms with Crippen molar-refractivity contribution in [1.29, 1.82) is 0 Å². The highest BCUT2D eigenvalue weighted by molar-refractivity contribution is 5.87. The number of aromatic nitrogens is 4. The SMILES string of the molecule is CN(Cc1ccncc1)C(=O)Nc1nc2ccccn2n1. The van der Waals surface area contributed by atoms with Crippen molar-refractivity contribution in [1.82, 2.24) is 24.5 Å². The molecule has 3 heterocycles. The summed E-state index contributed by atoms with van der Waals surface area (Å²) in [6.07, 6.45) is 5.17. The summed E-state index contributed by atoms with van der Waals surface area (Å²) in [5, 5.41) is 6.86. The third-order valence-corrected chi connectivity index (χ3v) is 2.98. The average molecular weight is 282 g/mol. The number of nitrogens with zero attached hydrogens (tertiary/aromatic N) is 5. The lowest BCUT2D eigenvalue weighted by atomic mass is 10.2. The van der Waals surface area contributed by atoms with Crippen LogP contribution in [0.5, 0.6) is 0 Å². The Morgan fingerprint density at radius 2 is 2.10 bits per heavy atom. The molecule has 0 aliphatic heterocycles. The predicted molar refractivity (Wildman–Crippen MR) is 77.7 cm³/mol. The molecule has 7 nitrogen and oxygen atoms in total. The van der Waals surface area contributed by atoms with Crippen LogP contribution in [0.25, 0.3) is 5.65 Å². The Morgan fingerprint density at radius 1 is 1.29 bits per heavy atom. The Balaban J connectivity index is 1.68. The van der Waals surface area contributed by atoms with Gasteiger partial charge in [0.05, 0.1) is 0 Å². The van der Waals surface area contributed by atoms with Gasteiger partial charge < -0.3 is 4.90 Å². The second-order valence-corrected chi connectivity index (χ2v) is 4.58. The quantitative estimate of drug-likeness (QED) is 0.794. The van der Waals surface area contributed by atoms with E-state index in [0.717, 1.165) is 5.56 Å². The van der Waals surface area contributed by atoms with E-state index >= 15 is 0 Å². The average Bonchev–Trinajstić information content (AvgIpc) is 2.90. The highest BCUT2D eigenvalue weighted by atomic mass is 16.2. The van der Waals surface area contributed by atoms with Gasteiger partial charge in [0.2, 0.25) is 0 Å². The van der Waals surface area contributed by atoms with Crippen molar-refractivity contribution in [2.45, 2.75) is 6.54 Å². The number of hydrogen-bond acceptors (Lipinski definition) is 4. The van der Waals surface area contributed by atoms with E-state index in [2.05, 4.69) is 20.4 Å². The van der Waals surface area contributed by atoms with E-state index in [0.29, 0.717) is 12.2 Å². The molecule has 0 saturated carbocycles. The van der Waals surface area contributed by atoms with Gasteiger partial charge in [-0.25, -0.2) is 9.31 Å². The van der Waals surface area contributed by atoms with Crippen molar-refractivity contribution in [2.75, 3.05) is 12.4 Å². The number of pyridine rings is 2. The number of amides is 2. The summed E-state index contributed by atoms with van der Waals surface area (Å²) in [6, 6.07) is 9.01. The van der Waals surface area contributed by atoms with Crippen LogP contribution >= 0.6 is 0 Å². The smallest absolute Gasteiger partial charge is 0.323 e. The second kappa shape index (κ2) is 5.58. The molecule has 0 aliphatic rings. The van der Waals surface area contributed by atoms with Gasteiger partial charge in [-0.2, -0.15) is 4.98 Å². The van der Waals surface area contributed by atoms with E-state index in [1.165, 1.54) is 0 Å². The van der Waals surface area contributed by atoms with Gasteiger partial charge >= 0.3 is 6.03 Å². The number of carbonyl (C=O) groups excluding carboxylic acids is 1. The molecule has 0 fully saturated rings. The molecule has 3 aromatic heterocycles. The number of fused-ring (bicyclic) bond motifs is 1. The molecular formula is C14H14N6O. The van der Waals surface area contributed by atoms with Crippen LogP contribution in [0.4, 0.5) is 10.7 Å². The minimum Gasteiger partial charge on any atom is -0.323 e. The van der Waals surface area contributed by atoms with Gasteiger partial charge in [0.25, 0.3) is 5.95 Å². The summed E-state index contributed by atoms with van der Waals surface area (Å²) in [5.74, 6) is 0.285. The largest absolute Gasteiger partial charge is 0.324 e. The first-order valence-electron chi connectivity index (χ1n) is 6.45. The molecule has 0 aromatic carbocycles. The molecule has 3 aromatic rings. The van der Waals surface area contributed by atoms with Gasteiger partial charge in [0.1, 0.15) is 0 Å². The highest BCUT2D eigenvalue weighted by Crippen LogP contribution is 2.07. The number of urea groups is 1. The van der Waals surface area contributed by atoms with Gasteiger partial charge in [-0.05, 0) is 29.8 Å². The fraction of sp³-hybridized carbons (Fsp3) is 0.143. The van der Waals surface area contributed by atoms with Crippen LogP contribution in [0.2, 0.25) is 0 Å². The fourth-order valence-electron chi connectivity index (χ4n) is 1.91. The van der Waals surface area contributed by atoms with Crippen molar-refractivity contribution in [3.63, 3.8) is 0 Å². The first-order chi connectivity index (χ1) is 10.2. The summed E-state index contributed by atoms with van der Waals surface area (Å²) < 4.78 is 1.61. The summed E-state index contributed by atoms with van der Waals surface area (Å²) in [5.41, 5.74) is 1.69. The molecule has 0 atom stereocenters. The zero-order valence-corrected chi connectivity index (χ0v) is 11.5. The fourth-order valence-corrected chi connectivity index (χ4v) is 1.91. The number of hydrogen-bond donors (Lipinski definition) is 1. The Bertz CT molecular complexity index is 721. The van der Waals surface area contributed by atoms with Crippen LogP contribution in [0, 0.1) is 0 Å². The minimum absolute atomic E-state index is 0.261. The zero-order chi connectivity index (χ0) is 14.7. The standard InChI is InChI=1S/C14H14N6O/c1-19(10-11-5-7-15-8-6-11)14(21)17-13-16-12-4-2-3-9-20(12)18-13/h2-9H,10H2,1H3,(H,17,18,21). The van der Waals surface area contributed by atoms with E-state index in [-0.39, 0.29) is 12.0 Å². The number of carbonyl (C=O) groups is 1. The van der Waals surface area contributed by atoms with Crippen LogP contribution in [0.15, 0.2) is 48.9 Å². The molecule has 0 saturated heterocycles. The number of rotatable bonds is 3. The van der Waals surface area contributed by atoms with E-state index in [1.54, 1.807) is 35.1 Å². The molecule has 3 rings (SSSR count). The molecular weight excluding hydrogens is 268 g/mol. The predicted octanol–water partition coefficient (Wildman–Crippen LogP) is 1.79. The Morgan fingerprint density at radius 3 is 2.86 bits per heavy atom. The van der Waals surface area contributed by atoms with E-state index < -0.39 is 0 Å². The molecule has 7 heteroatoms. The van der Waals surface area contributed by atoms with Gasteiger partial charge in [-0.3, -0.25) is 10.3 Å². The van der Waals surface area contributed by atoms with Crippen molar-refractivity contribution < 1.29 is 4.79 Å². The zero-order valence-electron chi connectivity index (χ0n) is 11.5. The van der Waals surface area contributed by atoms with Crippen LogP contribution in [0.3, 0.4) is 0 Å². The Hall–Kier alpha value is -2.96. The third kappa shape index (κ3) is 2.97. The van der Waals surface area contributed by atoms with Gasteiger partial charge in [0, 0.05) is 32.2 Å². The molecule has 0 unspecified atom stereocenters. The first-order valence-corrected chi connectivity index (χ1v) is 6.45. The highest BCUT2D eigenvalue weighted by Gasteiger charge is 2.12. The molecule has 0 bridgehead atoms. The topological polar surface area (TPSA) is 75.4 Å². The monoisotopic (exact) mass is 282 g/mol. The van der Waals surface area contributed by atoms with Gasteiger partial charge in [0.15, 0.2) is 5.65 Å². The number of nitrogens with one attached hydrogen (secondary N) is 1. The maximum atomic E-state index is 12.1. The van der Waals surface area contributed by atoms with Crippen molar-refractivity contribution in [2.24, 2.45) is 0 Å². The van der Waals surface area contributed by atoms with Crippen molar-refractivity contribution in [3.05, 3.63) is 54.5 Å². The molecule has 0 radical (unpaired) electrons. The normalized spacial score (nSPS) is 10.5. The molecule has 106 valence electrons. The Kier molecular flexibility index (Phi) is 3.46. The van der Waals surface area contributed by atoms with E-state index in [4.69, 9.17) is 0 Å². The summed E-state index contributed by atoms with van der Waals surface area (Å²) in [6.45, 7) is 0.488. The van der Waals surface area contributed by atoms with Gasteiger partial charge in [-0.15, -0.1) is 5.10 Å². The molecule has 1 N–H and O–H groups in total. The summed E-state index contributed by atoms with van der Waals surface area (Å²) >= 11 is 0. The van der Waals surface area contributed by atoms with E-state index in [1.807, 2.05) is 30.3 Å². The first kappa shape index (κ1) is 13.0. The minimum atomic E-state index is -0.261. The van der Waals surface area contributed by atoms with Crippen LogP contribution in [-0.2, 0) is 6.54 Å². The summed E-state index contributed by atoms with van der Waals surface area (Å²) in [4.78, 5) is 21.8. The van der Waals surface area contributed by atoms with Crippen LogP contribution < -0.4 is 5.32 Å². The third-order valence-electron chi connectivity index (χ3n) is 2.98. The summed E-state index contributed by atoms with van der Waals surface area (Å²) in [7, 11) is 1.71. The molecule has 21 heavy (non-hydrogen) atoms. The number of anilines is 1. The lowest BCUT2D eigenvalue weighted by molar-refractivity contribution is 0.220. The Labute approximate surface area is 121 Å². The van der Waals surface area contributed by atoms with Crippen molar-refractivity contribution >= 4 is 17.6 Å². The van der Waals surface area contributed by atoms with Gasteiger partial charge in [-0.1, -0.05) is 6.07 Å². The van der Waals surface area contributed by atoms with Crippen LogP contribution in [-0.4, -0.2) is 37.6 Å². The van der Waals surface area contributed by atoms with Crippen LogP contribution in [0.1, 0.15) is 5.56 Å².